The molecule has 1 fully saturated rings. The van der Waals surface area contributed by atoms with Gasteiger partial charge >= 0.3 is 12.0 Å². The fourth-order valence-corrected chi connectivity index (χ4v) is 2.12. The second kappa shape index (κ2) is 5.85. The van der Waals surface area contributed by atoms with Crippen LogP contribution < -0.4 is 5.32 Å². The van der Waals surface area contributed by atoms with Gasteiger partial charge in [0.25, 0.3) is 0 Å². The van der Waals surface area contributed by atoms with Crippen LogP contribution in [0.4, 0.5) is 4.79 Å². The maximum atomic E-state index is 12.0. The summed E-state index contributed by atoms with van der Waals surface area (Å²) < 4.78 is 0. The highest BCUT2D eigenvalue weighted by atomic mass is 16.4. The lowest BCUT2D eigenvalue weighted by atomic mass is 9.80. The third kappa shape index (κ3) is 3.23. The maximum absolute atomic E-state index is 12.0. The molecule has 1 saturated heterocycles. The Hall–Kier alpha value is -2.18. The van der Waals surface area contributed by atoms with E-state index >= 15 is 0 Å². The lowest BCUT2D eigenvalue weighted by molar-refractivity contribution is -0.150. The Morgan fingerprint density at radius 1 is 1.45 bits per heavy atom. The molecule has 1 aromatic heterocycles. The van der Waals surface area contributed by atoms with Crippen LogP contribution in [0.1, 0.15) is 25.5 Å². The van der Waals surface area contributed by atoms with E-state index < -0.39 is 11.4 Å². The molecule has 7 heteroatoms. The number of hydrogen-bond acceptors (Lipinski definition) is 4. The predicted octanol–water partition coefficient (Wildman–Crippen LogP) is 0.873. The highest BCUT2D eigenvalue weighted by molar-refractivity contribution is 5.76. The van der Waals surface area contributed by atoms with Crippen LogP contribution in [0.15, 0.2) is 18.6 Å². The summed E-state index contributed by atoms with van der Waals surface area (Å²) in [6.07, 6.45) is 4.00. The molecular weight excluding hydrogens is 260 g/mol. The molecule has 1 aliphatic rings. The molecule has 0 bridgehead atoms. The topological polar surface area (TPSA) is 95.4 Å². The third-order valence-corrected chi connectivity index (χ3v) is 3.73. The number of hydrogen-bond donors (Lipinski definition) is 2. The minimum Gasteiger partial charge on any atom is -0.481 e. The summed E-state index contributed by atoms with van der Waals surface area (Å²) in [5.41, 5.74) is 0.0180. The highest BCUT2D eigenvalue weighted by Crippen LogP contribution is 2.30. The number of likely N-dealkylation sites (tertiary alicyclic amines) is 1. The summed E-state index contributed by atoms with van der Waals surface area (Å²) in [4.78, 5) is 32.6. The number of carbonyl (C=O) groups excluding carboxylic acids is 1. The van der Waals surface area contributed by atoms with Crippen LogP contribution in [-0.4, -0.2) is 45.1 Å². The summed E-state index contributed by atoms with van der Waals surface area (Å²) in [5, 5.41) is 11.9. The van der Waals surface area contributed by atoms with Gasteiger partial charge < -0.3 is 15.3 Å². The number of carboxylic acid groups (broad SMARTS) is 1. The summed E-state index contributed by atoms with van der Waals surface area (Å²) in [6, 6.07) is 1.55. The number of piperidine rings is 1. The number of aromatic nitrogens is 2. The summed E-state index contributed by atoms with van der Waals surface area (Å²) in [7, 11) is 0. The van der Waals surface area contributed by atoms with E-state index in [-0.39, 0.29) is 6.03 Å². The molecule has 2 rings (SSSR count). The van der Waals surface area contributed by atoms with Crippen LogP contribution in [0.5, 0.6) is 0 Å². The molecule has 0 unspecified atom stereocenters. The number of carbonyl (C=O) groups is 2. The normalized spacial score (nSPS) is 17.6. The number of amides is 2. The number of rotatable bonds is 3. The molecule has 108 valence electrons. The van der Waals surface area contributed by atoms with Crippen molar-refractivity contribution in [2.75, 3.05) is 13.1 Å². The van der Waals surface area contributed by atoms with Crippen molar-refractivity contribution in [3.05, 3.63) is 24.3 Å². The van der Waals surface area contributed by atoms with Gasteiger partial charge in [0.2, 0.25) is 0 Å². The lowest BCUT2D eigenvalue weighted by Crippen LogP contribution is -2.48. The second-order valence-electron chi connectivity index (χ2n) is 5.21. The van der Waals surface area contributed by atoms with Gasteiger partial charge in [-0.2, -0.15) is 0 Å². The molecular formula is C13H18N4O3. The van der Waals surface area contributed by atoms with Gasteiger partial charge in [-0.3, -0.25) is 4.79 Å². The average Bonchev–Trinajstić information content (AvgIpc) is 2.46. The van der Waals surface area contributed by atoms with Crippen LogP contribution in [0.2, 0.25) is 0 Å². The molecule has 2 heterocycles. The van der Waals surface area contributed by atoms with Crippen molar-refractivity contribution in [3.8, 4) is 0 Å². The molecule has 0 spiro atoms. The SMILES string of the molecule is CC1(C(=O)O)CCN(C(=O)NCc2ccncn2)CC1. The summed E-state index contributed by atoms with van der Waals surface area (Å²) in [6.45, 7) is 2.98. The van der Waals surface area contributed by atoms with Gasteiger partial charge in [0, 0.05) is 19.3 Å². The molecule has 1 aromatic rings. The van der Waals surface area contributed by atoms with E-state index in [9.17, 15) is 9.59 Å². The first-order chi connectivity index (χ1) is 9.51. The minimum absolute atomic E-state index is 0.184. The van der Waals surface area contributed by atoms with Crippen molar-refractivity contribution in [2.24, 2.45) is 5.41 Å². The maximum Gasteiger partial charge on any atom is 0.317 e. The standard InChI is InChI=1S/C13H18N4O3/c1-13(11(18)19)3-6-17(7-4-13)12(20)15-8-10-2-5-14-9-16-10/h2,5,9H,3-4,6-8H2,1H3,(H,15,20)(H,18,19). The van der Waals surface area contributed by atoms with E-state index in [1.54, 1.807) is 24.1 Å². The Labute approximate surface area is 117 Å². The molecule has 20 heavy (non-hydrogen) atoms. The Morgan fingerprint density at radius 3 is 2.70 bits per heavy atom. The molecule has 0 radical (unpaired) electrons. The first-order valence-corrected chi connectivity index (χ1v) is 6.52. The van der Waals surface area contributed by atoms with E-state index in [0.29, 0.717) is 32.5 Å². The van der Waals surface area contributed by atoms with Crippen LogP contribution in [0.3, 0.4) is 0 Å². The molecule has 2 amide bonds. The van der Waals surface area contributed by atoms with Gasteiger partial charge in [-0.05, 0) is 25.8 Å². The fourth-order valence-electron chi connectivity index (χ4n) is 2.12. The van der Waals surface area contributed by atoms with Gasteiger partial charge in [-0.15, -0.1) is 0 Å². The van der Waals surface area contributed by atoms with Crippen molar-refractivity contribution in [2.45, 2.75) is 26.3 Å². The largest absolute Gasteiger partial charge is 0.481 e. The highest BCUT2D eigenvalue weighted by Gasteiger charge is 2.37. The Morgan fingerprint density at radius 2 is 2.15 bits per heavy atom. The first kappa shape index (κ1) is 14.2. The molecule has 0 saturated carbocycles. The summed E-state index contributed by atoms with van der Waals surface area (Å²) in [5.74, 6) is -0.793. The molecule has 0 aromatic carbocycles. The molecule has 2 N–H and O–H groups in total. The lowest BCUT2D eigenvalue weighted by Gasteiger charge is -2.36. The zero-order valence-electron chi connectivity index (χ0n) is 11.4. The van der Waals surface area contributed by atoms with E-state index in [0.717, 1.165) is 5.69 Å². The van der Waals surface area contributed by atoms with Gasteiger partial charge in [-0.25, -0.2) is 14.8 Å². The third-order valence-electron chi connectivity index (χ3n) is 3.73. The number of aliphatic carboxylic acids is 1. The fraction of sp³-hybridized carbons (Fsp3) is 0.538. The minimum atomic E-state index is -0.793. The smallest absolute Gasteiger partial charge is 0.317 e. The van der Waals surface area contributed by atoms with Crippen molar-refractivity contribution in [1.82, 2.24) is 20.2 Å². The van der Waals surface area contributed by atoms with Crippen molar-refractivity contribution >= 4 is 12.0 Å². The second-order valence-corrected chi connectivity index (χ2v) is 5.21. The quantitative estimate of drug-likeness (QED) is 0.855. The molecule has 1 aliphatic heterocycles. The van der Waals surface area contributed by atoms with Gasteiger partial charge in [0.1, 0.15) is 6.33 Å². The van der Waals surface area contributed by atoms with Crippen molar-refractivity contribution in [3.63, 3.8) is 0 Å². The van der Waals surface area contributed by atoms with Crippen LogP contribution in [-0.2, 0) is 11.3 Å². The zero-order valence-corrected chi connectivity index (χ0v) is 11.4. The van der Waals surface area contributed by atoms with Crippen LogP contribution in [0.25, 0.3) is 0 Å². The molecule has 0 atom stereocenters. The predicted molar refractivity (Wildman–Crippen MR) is 70.8 cm³/mol. The van der Waals surface area contributed by atoms with Gasteiger partial charge in [0.15, 0.2) is 0 Å². The van der Waals surface area contributed by atoms with Crippen molar-refractivity contribution in [1.29, 1.82) is 0 Å². The number of nitrogens with zero attached hydrogens (tertiary/aromatic N) is 3. The summed E-state index contributed by atoms with van der Waals surface area (Å²) >= 11 is 0. The van der Waals surface area contributed by atoms with Crippen LogP contribution >= 0.6 is 0 Å². The molecule has 0 aliphatic carbocycles. The zero-order chi connectivity index (χ0) is 14.6. The number of urea groups is 1. The number of nitrogens with one attached hydrogen (secondary N) is 1. The number of carboxylic acids is 1. The van der Waals surface area contributed by atoms with Gasteiger partial charge in [-0.1, -0.05) is 0 Å². The van der Waals surface area contributed by atoms with E-state index in [1.807, 2.05) is 0 Å². The Kier molecular flexibility index (Phi) is 4.16. The van der Waals surface area contributed by atoms with E-state index in [2.05, 4.69) is 15.3 Å². The Bertz CT molecular complexity index is 484. The van der Waals surface area contributed by atoms with Crippen LogP contribution in [0, 0.1) is 5.41 Å². The molecule has 7 nitrogen and oxygen atoms in total. The van der Waals surface area contributed by atoms with Crippen molar-refractivity contribution < 1.29 is 14.7 Å². The van der Waals surface area contributed by atoms with Gasteiger partial charge in [0.05, 0.1) is 17.7 Å². The van der Waals surface area contributed by atoms with E-state index in [1.165, 1.54) is 6.33 Å². The Balaban J connectivity index is 1.82. The first-order valence-electron chi connectivity index (χ1n) is 6.52. The monoisotopic (exact) mass is 278 g/mol. The van der Waals surface area contributed by atoms with E-state index in [4.69, 9.17) is 5.11 Å². The average molecular weight is 278 g/mol.